The van der Waals surface area contributed by atoms with Crippen molar-refractivity contribution in [3.63, 3.8) is 0 Å². The first-order valence-electron chi connectivity index (χ1n) is 8.89. The Kier molecular flexibility index (Phi) is 4.29. The van der Waals surface area contributed by atoms with Gasteiger partial charge in [0.25, 0.3) is 0 Å². The largest absolute Gasteiger partial charge is 0.355 e. The number of nitrogens with one attached hydrogen (secondary N) is 1. The Morgan fingerprint density at radius 2 is 1.57 bits per heavy atom. The number of amides is 1. The third-order valence-electron chi connectivity index (χ3n) is 6.93. The molecule has 4 bridgehead atoms. The van der Waals surface area contributed by atoms with E-state index in [-0.39, 0.29) is 10.8 Å². The van der Waals surface area contributed by atoms with Crippen LogP contribution in [0.2, 0.25) is 0 Å². The zero-order valence-electron chi connectivity index (χ0n) is 13.6. The molecule has 0 aliphatic heterocycles. The van der Waals surface area contributed by atoms with Gasteiger partial charge in [-0.1, -0.05) is 13.8 Å². The lowest BCUT2D eigenvalue weighted by Gasteiger charge is -2.55. The molecule has 0 saturated heterocycles. The predicted molar refractivity (Wildman–Crippen MR) is 87.3 cm³/mol. The quantitative estimate of drug-likeness (QED) is 0.725. The molecule has 3 heteroatoms. The van der Waals surface area contributed by atoms with E-state index in [9.17, 15) is 4.79 Å². The highest BCUT2D eigenvalue weighted by atomic mass is 35.5. The Balaban J connectivity index is 1.66. The van der Waals surface area contributed by atoms with E-state index >= 15 is 0 Å². The smallest absolute Gasteiger partial charge is 0.226 e. The van der Waals surface area contributed by atoms with Crippen LogP contribution in [0, 0.1) is 28.6 Å². The monoisotopic (exact) mass is 311 g/mol. The van der Waals surface area contributed by atoms with Gasteiger partial charge in [-0.25, -0.2) is 0 Å². The van der Waals surface area contributed by atoms with Crippen LogP contribution in [0.15, 0.2) is 0 Å². The lowest BCUT2D eigenvalue weighted by molar-refractivity contribution is -0.146. The average Bonchev–Trinajstić information content (AvgIpc) is 2.47. The molecule has 0 spiro atoms. The minimum atomic E-state index is -0.0196. The van der Waals surface area contributed by atoms with Crippen molar-refractivity contribution in [1.82, 2.24) is 5.32 Å². The van der Waals surface area contributed by atoms with Crippen molar-refractivity contribution in [1.29, 1.82) is 0 Å². The van der Waals surface area contributed by atoms with E-state index in [1.807, 2.05) is 0 Å². The van der Waals surface area contributed by atoms with E-state index in [1.54, 1.807) is 0 Å². The molecule has 0 radical (unpaired) electrons. The summed E-state index contributed by atoms with van der Waals surface area (Å²) >= 11 is 6.18. The van der Waals surface area contributed by atoms with E-state index in [4.69, 9.17) is 11.6 Å². The lowest BCUT2D eigenvalue weighted by atomic mass is 9.49. The molecule has 4 rings (SSSR count). The summed E-state index contributed by atoms with van der Waals surface area (Å²) < 4.78 is 0. The fraction of sp³-hybridized carbons (Fsp3) is 0.944. The number of hydrogen-bond acceptors (Lipinski definition) is 1. The maximum Gasteiger partial charge on any atom is 0.226 e. The van der Waals surface area contributed by atoms with Crippen LogP contribution in [0.25, 0.3) is 0 Å². The zero-order chi connectivity index (χ0) is 15.1. The first-order valence-corrected chi connectivity index (χ1v) is 9.42. The maximum atomic E-state index is 12.9. The summed E-state index contributed by atoms with van der Waals surface area (Å²) in [5, 5.41) is 3.31. The molecule has 1 amide bonds. The minimum absolute atomic E-state index is 0.0196. The average molecular weight is 312 g/mol. The fourth-order valence-corrected chi connectivity index (χ4v) is 6.05. The summed E-state index contributed by atoms with van der Waals surface area (Å²) in [5.74, 6) is 3.48. The second-order valence-corrected chi connectivity index (χ2v) is 8.49. The van der Waals surface area contributed by atoms with E-state index < -0.39 is 0 Å². The molecular weight excluding hydrogens is 282 g/mol. The third-order valence-corrected chi connectivity index (χ3v) is 7.49. The molecule has 4 aliphatic carbocycles. The molecule has 21 heavy (non-hydrogen) atoms. The van der Waals surface area contributed by atoms with Gasteiger partial charge in [-0.2, -0.15) is 0 Å². The van der Waals surface area contributed by atoms with Gasteiger partial charge in [0, 0.05) is 23.3 Å². The maximum absolute atomic E-state index is 12.9. The first kappa shape index (κ1) is 15.6. The summed E-state index contributed by atoms with van der Waals surface area (Å²) in [6.07, 6.45) is 9.69. The van der Waals surface area contributed by atoms with Crippen molar-refractivity contribution < 1.29 is 4.79 Å². The molecule has 1 N–H and O–H groups in total. The molecule has 0 unspecified atom stereocenters. The van der Waals surface area contributed by atoms with Crippen molar-refractivity contribution in [3.8, 4) is 0 Å². The van der Waals surface area contributed by atoms with Crippen LogP contribution in [-0.2, 0) is 4.79 Å². The number of halogens is 1. The molecule has 0 heterocycles. The Labute approximate surface area is 134 Å². The van der Waals surface area contributed by atoms with Crippen molar-refractivity contribution in [2.45, 2.75) is 65.2 Å². The van der Waals surface area contributed by atoms with Crippen LogP contribution < -0.4 is 5.32 Å². The van der Waals surface area contributed by atoms with Crippen molar-refractivity contribution in [2.75, 3.05) is 12.4 Å². The Bertz CT molecular complexity index is 358. The SMILES string of the molecule is CCC(CC)(CCl)CNC(=O)C12CC3CC(CC(C3)C1)C2. The second kappa shape index (κ2) is 5.76. The van der Waals surface area contributed by atoms with Gasteiger partial charge in [0.05, 0.1) is 0 Å². The minimum Gasteiger partial charge on any atom is -0.355 e. The van der Waals surface area contributed by atoms with Crippen LogP contribution >= 0.6 is 11.6 Å². The van der Waals surface area contributed by atoms with Crippen molar-refractivity contribution in [2.24, 2.45) is 28.6 Å². The van der Waals surface area contributed by atoms with Gasteiger partial charge in [-0.05, 0) is 69.1 Å². The molecule has 120 valence electrons. The molecule has 0 aromatic rings. The van der Waals surface area contributed by atoms with Crippen LogP contribution in [0.4, 0.5) is 0 Å². The Morgan fingerprint density at radius 1 is 1.10 bits per heavy atom. The second-order valence-electron chi connectivity index (χ2n) is 8.22. The normalized spacial score (nSPS) is 37.8. The highest BCUT2D eigenvalue weighted by molar-refractivity contribution is 6.18. The van der Waals surface area contributed by atoms with Crippen LogP contribution in [0.3, 0.4) is 0 Å². The topological polar surface area (TPSA) is 29.1 Å². The molecule has 0 aromatic heterocycles. The van der Waals surface area contributed by atoms with Gasteiger partial charge >= 0.3 is 0 Å². The molecule has 0 atom stereocenters. The zero-order valence-corrected chi connectivity index (χ0v) is 14.3. The molecule has 4 fully saturated rings. The van der Waals surface area contributed by atoms with Gasteiger partial charge in [0.1, 0.15) is 0 Å². The van der Waals surface area contributed by atoms with Gasteiger partial charge in [-0.15, -0.1) is 11.6 Å². The predicted octanol–water partition coefficient (Wildman–Crippen LogP) is 4.36. The number of rotatable bonds is 6. The fourth-order valence-electron chi connectivity index (χ4n) is 5.58. The summed E-state index contributed by atoms with van der Waals surface area (Å²) in [6, 6.07) is 0. The van der Waals surface area contributed by atoms with Gasteiger partial charge in [-0.3, -0.25) is 4.79 Å². The molecule has 0 aromatic carbocycles. The Hall–Kier alpha value is -0.240. The van der Waals surface area contributed by atoms with Crippen molar-refractivity contribution >= 4 is 17.5 Å². The van der Waals surface area contributed by atoms with Crippen LogP contribution in [-0.4, -0.2) is 18.3 Å². The summed E-state index contributed by atoms with van der Waals surface area (Å²) in [5.41, 5.74) is 0.0633. The molecule has 4 aliphatic rings. The number of alkyl halides is 1. The van der Waals surface area contributed by atoms with E-state index in [2.05, 4.69) is 19.2 Å². The number of carbonyl (C=O) groups excluding carboxylic acids is 1. The van der Waals surface area contributed by atoms with E-state index in [1.165, 1.54) is 19.3 Å². The van der Waals surface area contributed by atoms with Gasteiger partial charge < -0.3 is 5.32 Å². The third kappa shape index (κ3) is 2.73. The van der Waals surface area contributed by atoms with Crippen molar-refractivity contribution in [3.05, 3.63) is 0 Å². The molecule has 2 nitrogen and oxygen atoms in total. The van der Waals surface area contributed by atoms with E-state index in [0.29, 0.717) is 11.8 Å². The summed E-state index contributed by atoms with van der Waals surface area (Å²) in [7, 11) is 0. The molecule has 4 saturated carbocycles. The van der Waals surface area contributed by atoms with E-state index in [0.717, 1.165) is 56.4 Å². The number of hydrogen-bond donors (Lipinski definition) is 1. The van der Waals surface area contributed by atoms with Crippen LogP contribution in [0.5, 0.6) is 0 Å². The molecular formula is C18H30ClNO. The highest BCUT2D eigenvalue weighted by Gasteiger charge is 2.54. The van der Waals surface area contributed by atoms with Gasteiger partial charge in [0.2, 0.25) is 5.91 Å². The lowest BCUT2D eigenvalue weighted by Crippen LogP contribution is -2.54. The standard InChI is InChI=1S/C18H30ClNO/c1-3-17(4-2,11-19)12-20-16(21)18-8-13-5-14(9-18)7-15(6-13)10-18/h13-15H,3-12H2,1-2H3,(H,20,21). The highest BCUT2D eigenvalue weighted by Crippen LogP contribution is 2.60. The Morgan fingerprint density at radius 3 is 1.95 bits per heavy atom. The summed E-state index contributed by atoms with van der Waals surface area (Å²) in [4.78, 5) is 12.9. The first-order chi connectivity index (χ1) is 10.0. The summed E-state index contributed by atoms with van der Waals surface area (Å²) in [6.45, 7) is 5.12. The van der Waals surface area contributed by atoms with Gasteiger partial charge in [0.15, 0.2) is 0 Å². The number of carbonyl (C=O) groups is 1. The van der Waals surface area contributed by atoms with Crippen LogP contribution in [0.1, 0.15) is 65.2 Å².